The highest BCUT2D eigenvalue weighted by Crippen LogP contribution is 2.54. The van der Waals surface area contributed by atoms with Crippen LogP contribution in [0.2, 0.25) is 0 Å². The SMILES string of the molecule is CCCc1cc(O)c([C@@H]2C=C(C)CC[C@]23N=C3C)c(O)c1C(=O)O. The molecule has 0 radical (unpaired) electrons. The lowest BCUT2D eigenvalue weighted by molar-refractivity contribution is 0.0692. The molecule has 24 heavy (non-hydrogen) atoms. The molecule has 3 rings (SSSR count). The van der Waals surface area contributed by atoms with E-state index in [4.69, 9.17) is 0 Å². The van der Waals surface area contributed by atoms with Gasteiger partial charge in [0, 0.05) is 17.2 Å². The van der Waals surface area contributed by atoms with Crippen LogP contribution in [0.5, 0.6) is 11.5 Å². The Hall–Kier alpha value is -2.30. The van der Waals surface area contributed by atoms with Gasteiger partial charge in [-0.25, -0.2) is 4.79 Å². The molecule has 3 N–H and O–H groups in total. The second kappa shape index (κ2) is 5.65. The van der Waals surface area contributed by atoms with Crippen LogP contribution in [0.4, 0.5) is 0 Å². The van der Waals surface area contributed by atoms with Crippen LogP contribution in [-0.4, -0.2) is 32.5 Å². The largest absolute Gasteiger partial charge is 0.507 e. The van der Waals surface area contributed by atoms with Gasteiger partial charge in [-0.3, -0.25) is 4.99 Å². The minimum absolute atomic E-state index is 0.0498. The van der Waals surface area contributed by atoms with Crippen LogP contribution in [-0.2, 0) is 6.42 Å². The standard InChI is InChI=1S/C19H23NO4/c1-4-5-12-9-14(21)16(17(22)15(12)18(23)24)13-8-10(2)6-7-19(13)11(3)20-19/h8-9,13,21-22H,4-7H2,1-3H3,(H,23,24)/t13-,19+/m0/s1. The maximum Gasteiger partial charge on any atom is 0.339 e. The van der Waals surface area contributed by atoms with Gasteiger partial charge in [0.1, 0.15) is 22.6 Å². The molecule has 1 aliphatic heterocycles. The van der Waals surface area contributed by atoms with Gasteiger partial charge in [-0.05, 0) is 44.7 Å². The van der Waals surface area contributed by atoms with Gasteiger partial charge in [0.25, 0.3) is 0 Å². The first-order valence-corrected chi connectivity index (χ1v) is 8.37. The molecule has 5 heteroatoms. The van der Waals surface area contributed by atoms with Gasteiger partial charge in [0.2, 0.25) is 0 Å². The highest BCUT2D eigenvalue weighted by molar-refractivity contribution is 6.05. The minimum atomic E-state index is -1.17. The number of rotatable bonds is 4. The average molecular weight is 329 g/mol. The topological polar surface area (TPSA) is 90.1 Å². The van der Waals surface area contributed by atoms with E-state index in [1.54, 1.807) is 0 Å². The van der Waals surface area contributed by atoms with Gasteiger partial charge in [0.05, 0.1) is 0 Å². The van der Waals surface area contributed by atoms with E-state index >= 15 is 0 Å². The summed E-state index contributed by atoms with van der Waals surface area (Å²) in [4.78, 5) is 16.2. The summed E-state index contributed by atoms with van der Waals surface area (Å²) in [6.07, 6.45) is 4.96. The summed E-state index contributed by atoms with van der Waals surface area (Å²) in [5.41, 5.74) is 2.39. The zero-order valence-electron chi connectivity index (χ0n) is 14.3. The van der Waals surface area contributed by atoms with E-state index in [9.17, 15) is 20.1 Å². The maximum absolute atomic E-state index is 11.7. The smallest absolute Gasteiger partial charge is 0.339 e. The molecule has 1 spiro atoms. The van der Waals surface area contributed by atoms with Crippen LogP contribution in [0.3, 0.4) is 0 Å². The average Bonchev–Trinajstić information content (AvgIpc) is 3.13. The van der Waals surface area contributed by atoms with Crippen molar-refractivity contribution in [2.75, 3.05) is 0 Å². The van der Waals surface area contributed by atoms with Crippen LogP contribution in [0.15, 0.2) is 22.7 Å². The fraction of sp³-hybridized carbons (Fsp3) is 0.474. The Balaban J connectivity index is 2.19. The van der Waals surface area contributed by atoms with Crippen molar-refractivity contribution in [3.05, 3.63) is 34.4 Å². The molecule has 0 fully saturated rings. The van der Waals surface area contributed by atoms with Gasteiger partial charge < -0.3 is 15.3 Å². The van der Waals surface area contributed by atoms with Crippen molar-refractivity contribution < 1.29 is 20.1 Å². The Labute approximate surface area is 141 Å². The number of phenols is 2. The summed E-state index contributed by atoms with van der Waals surface area (Å²) in [5, 5.41) is 30.8. The molecule has 0 saturated heterocycles. The molecule has 0 saturated carbocycles. The van der Waals surface area contributed by atoms with Crippen molar-refractivity contribution in [3.8, 4) is 11.5 Å². The normalized spacial score (nSPS) is 25.4. The van der Waals surface area contributed by atoms with Gasteiger partial charge >= 0.3 is 5.97 Å². The Morgan fingerprint density at radius 1 is 1.38 bits per heavy atom. The highest BCUT2D eigenvalue weighted by Gasteiger charge is 2.53. The molecular formula is C19H23NO4. The lowest BCUT2D eigenvalue weighted by atomic mass is 9.72. The third-order valence-electron chi connectivity index (χ3n) is 5.25. The number of benzene rings is 1. The predicted octanol–water partition coefficient (Wildman–Crippen LogP) is 3.79. The monoisotopic (exact) mass is 329 g/mol. The minimum Gasteiger partial charge on any atom is -0.507 e. The lowest BCUT2D eigenvalue weighted by Gasteiger charge is -2.31. The first-order chi connectivity index (χ1) is 11.3. The molecule has 1 aromatic carbocycles. The number of aliphatic imine (C=N–C) groups is 1. The number of phenolic OH excluding ortho intramolecular Hbond substituents is 1. The van der Waals surface area contributed by atoms with Crippen LogP contribution in [0.1, 0.15) is 67.4 Å². The number of aromatic hydroxyl groups is 2. The number of nitrogens with zero attached hydrogens (tertiary/aromatic N) is 1. The number of carbonyl (C=O) groups is 1. The van der Waals surface area contributed by atoms with Gasteiger partial charge in [-0.15, -0.1) is 0 Å². The van der Waals surface area contributed by atoms with Crippen LogP contribution in [0.25, 0.3) is 0 Å². The molecular weight excluding hydrogens is 306 g/mol. The van der Waals surface area contributed by atoms with E-state index in [0.717, 1.165) is 30.5 Å². The summed E-state index contributed by atoms with van der Waals surface area (Å²) in [7, 11) is 0. The lowest BCUT2D eigenvalue weighted by Crippen LogP contribution is -2.30. The van der Waals surface area contributed by atoms with Crippen molar-refractivity contribution in [1.82, 2.24) is 0 Å². The zero-order valence-corrected chi connectivity index (χ0v) is 14.3. The first kappa shape index (κ1) is 16.6. The third-order valence-corrected chi connectivity index (χ3v) is 5.25. The summed E-state index contributed by atoms with van der Waals surface area (Å²) >= 11 is 0. The summed E-state index contributed by atoms with van der Waals surface area (Å²) in [6.45, 7) is 5.88. The van der Waals surface area contributed by atoms with Crippen molar-refractivity contribution in [2.45, 2.75) is 57.9 Å². The number of aryl methyl sites for hydroxylation is 1. The third kappa shape index (κ3) is 2.39. The van der Waals surface area contributed by atoms with Gasteiger partial charge in [-0.2, -0.15) is 0 Å². The number of hydrogen-bond acceptors (Lipinski definition) is 4. The summed E-state index contributed by atoms with van der Waals surface area (Å²) in [6, 6.07) is 1.49. The quantitative estimate of drug-likeness (QED) is 0.733. The van der Waals surface area contributed by atoms with Crippen molar-refractivity contribution in [1.29, 1.82) is 0 Å². The molecule has 0 amide bonds. The number of hydrogen-bond donors (Lipinski definition) is 3. The highest BCUT2D eigenvalue weighted by atomic mass is 16.4. The molecule has 2 atom stereocenters. The Bertz CT molecular complexity index is 778. The Kier molecular flexibility index (Phi) is 3.90. The summed E-state index contributed by atoms with van der Waals surface area (Å²) < 4.78 is 0. The second-order valence-corrected chi connectivity index (χ2v) is 6.86. The molecule has 1 aromatic rings. The van der Waals surface area contributed by atoms with E-state index in [1.807, 2.05) is 26.8 Å². The van der Waals surface area contributed by atoms with E-state index in [-0.39, 0.29) is 28.5 Å². The Morgan fingerprint density at radius 3 is 2.58 bits per heavy atom. The van der Waals surface area contributed by atoms with E-state index in [1.165, 1.54) is 6.07 Å². The number of carboxylic acid groups (broad SMARTS) is 1. The van der Waals surface area contributed by atoms with E-state index in [0.29, 0.717) is 12.0 Å². The van der Waals surface area contributed by atoms with Crippen LogP contribution < -0.4 is 0 Å². The van der Waals surface area contributed by atoms with E-state index < -0.39 is 11.5 Å². The number of carboxylic acids is 1. The fourth-order valence-corrected chi connectivity index (χ4v) is 3.91. The zero-order chi connectivity index (χ0) is 17.6. The van der Waals surface area contributed by atoms with Crippen molar-refractivity contribution in [2.24, 2.45) is 4.99 Å². The van der Waals surface area contributed by atoms with Crippen molar-refractivity contribution >= 4 is 11.7 Å². The number of aromatic carboxylic acids is 1. The molecule has 0 aromatic heterocycles. The van der Waals surface area contributed by atoms with Crippen LogP contribution >= 0.6 is 0 Å². The van der Waals surface area contributed by atoms with E-state index in [2.05, 4.69) is 4.99 Å². The fourth-order valence-electron chi connectivity index (χ4n) is 3.91. The predicted molar refractivity (Wildman–Crippen MR) is 92.3 cm³/mol. The van der Waals surface area contributed by atoms with Gasteiger partial charge in [-0.1, -0.05) is 25.0 Å². The second-order valence-electron chi connectivity index (χ2n) is 6.86. The van der Waals surface area contributed by atoms with Crippen molar-refractivity contribution in [3.63, 3.8) is 0 Å². The number of allylic oxidation sites excluding steroid dienone is 1. The molecule has 1 heterocycles. The Morgan fingerprint density at radius 2 is 2.04 bits per heavy atom. The molecule has 0 bridgehead atoms. The molecule has 5 nitrogen and oxygen atoms in total. The molecule has 1 aliphatic carbocycles. The van der Waals surface area contributed by atoms with Gasteiger partial charge in [0.15, 0.2) is 0 Å². The molecule has 128 valence electrons. The summed E-state index contributed by atoms with van der Waals surface area (Å²) in [5.74, 6) is -1.86. The maximum atomic E-state index is 11.7. The van der Waals surface area contributed by atoms with Crippen LogP contribution in [0, 0.1) is 0 Å². The molecule has 2 aliphatic rings. The first-order valence-electron chi connectivity index (χ1n) is 8.37. The molecule has 0 unspecified atom stereocenters.